The Morgan fingerprint density at radius 1 is 0.930 bits per heavy atom. The molecule has 2 aromatic rings. The number of cyclic esters (lactones) is 1. The first-order chi connectivity index (χ1) is 20.7. The molecule has 1 saturated heterocycles. The number of halogens is 1. The van der Waals surface area contributed by atoms with Gasteiger partial charge in [-0.05, 0) is 59.3 Å². The molecule has 8 nitrogen and oxygen atoms in total. The van der Waals surface area contributed by atoms with Gasteiger partial charge in [-0.3, -0.25) is 9.59 Å². The van der Waals surface area contributed by atoms with Crippen LogP contribution in [0.15, 0.2) is 71.2 Å². The predicted octanol–water partition coefficient (Wildman–Crippen LogP) is 6.39. The molecule has 232 valence electrons. The molecule has 5 atom stereocenters. The van der Waals surface area contributed by atoms with Gasteiger partial charge in [-0.2, -0.15) is 0 Å². The zero-order valence-electron chi connectivity index (χ0n) is 24.7. The van der Waals surface area contributed by atoms with Crippen LogP contribution in [-0.4, -0.2) is 57.4 Å². The van der Waals surface area contributed by atoms with Gasteiger partial charge >= 0.3 is 6.09 Å². The van der Waals surface area contributed by atoms with Crippen molar-refractivity contribution in [2.24, 2.45) is 5.92 Å². The number of hydrogen-bond donors (Lipinski definition) is 2. The van der Waals surface area contributed by atoms with Crippen molar-refractivity contribution in [2.45, 2.75) is 95.2 Å². The number of aliphatic hydroxyl groups excluding tert-OH is 1. The summed E-state index contributed by atoms with van der Waals surface area (Å²) in [5.74, 6) is -3.86. The van der Waals surface area contributed by atoms with Crippen molar-refractivity contribution in [3.63, 3.8) is 0 Å². The minimum atomic E-state index is -1.77. The number of rotatable bonds is 15. The number of ether oxygens (including phenoxy) is 2. The molecule has 0 spiro atoms. The van der Waals surface area contributed by atoms with Crippen molar-refractivity contribution in [1.29, 1.82) is 0 Å². The Morgan fingerprint density at radius 2 is 1.51 bits per heavy atom. The Morgan fingerprint density at radius 3 is 2.14 bits per heavy atom. The Balaban J connectivity index is 1.49. The molecule has 9 heteroatoms. The van der Waals surface area contributed by atoms with Crippen molar-refractivity contribution in [2.75, 3.05) is 6.61 Å². The summed E-state index contributed by atoms with van der Waals surface area (Å²) in [7, 11) is 0. The number of amides is 2. The molecule has 2 aliphatic heterocycles. The van der Waals surface area contributed by atoms with Gasteiger partial charge in [-0.25, -0.2) is 9.69 Å². The highest BCUT2D eigenvalue weighted by atomic mass is 79.9. The van der Waals surface area contributed by atoms with Gasteiger partial charge in [0.25, 0.3) is 0 Å². The number of carbonyl (C=O) groups is 3. The maximum atomic E-state index is 14.2. The molecular formula is C34H42BrNO7. The maximum absolute atomic E-state index is 14.2. The number of aliphatic hydroxyl groups is 2. The van der Waals surface area contributed by atoms with Crippen LogP contribution in [0.1, 0.15) is 81.9 Å². The van der Waals surface area contributed by atoms with E-state index >= 15 is 0 Å². The van der Waals surface area contributed by atoms with Gasteiger partial charge in [-0.15, -0.1) is 0 Å². The summed E-state index contributed by atoms with van der Waals surface area (Å²) in [6.07, 6.45) is 6.70. The van der Waals surface area contributed by atoms with Crippen LogP contribution in [0.5, 0.6) is 0 Å². The van der Waals surface area contributed by atoms with Crippen LogP contribution in [-0.2, 0) is 25.5 Å². The Bertz CT molecular complexity index is 1250. The van der Waals surface area contributed by atoms with E-state index < -0.39 is 47.7 Å². The fourth-order valence-electron chi connectivity index (χ4n) is 5.86. The standard InChI is InChI=1S/C34H42BrNO7/c1-24-30(26-18-12-9-13-19-26)42-33(40)36(24)32(39)27(22-25-16-10-8-11-17-25)31-28(38)23-29(35)34(41,43-31)20-14-6-4-2-3-5-7-15-21-37/h8-13,16-19,23-24,27,30-31,37,41H,2-7,14-15,20-22H2,1H3/t24-,27-,30-,31-,34+/m0/s1. The first kappa shape index (κ1) is 33.1. The van der Waals surface area contributed by atoms with Crippen molar-refractivity contribution in [3.8, 4) is 0 Å². The third kappa shape index (κ3) is 8.41. The normalized spacial score (nSPS) is 24.5. The lowest BCUT2D eigenvalue weighted by Gasteiger charge is -2.38. The van der Waals surface area contributed by atoms with Gasteiger partial charge in [0, 0.05) is 13.0 Å². The lowest BCUT2D eigenvalue weighted by molar-refractivity contribution is -0.218. The number of ketones is 1. The number of unbranched alkanes of at least 4 members (excludes halogenated alkanes) is 7. The zero-order chi connectivity index (χ0) is 30.8. The summed E-state index contributed by atoms with van der Waals surface area (Å²) >= 11 is 3.34. The Hall–Kier alpha value is -2.85. The predicted molar refractivity (Wildman–Crippen MR) is 166 cm³/mol. The molecule has 2 heterocycles. The molecule has 2 N–H and O–H groups in total. The van der Waals surface area contributed by atoms with Crippen LogP contribution in [0.25, 0.3) is 0 Å². The highest BCUT2D eigenvalue weighted by molar-refractivity contribution is 9.11. The maximum Gasteiger partial charge on any atom is 0.417 e. The molecular weight excluding hydrogens is 614 g/mol. The van der Waals surface area contributed by atoms with E-state index in [1.54, 1.807) is 6.92 Å². The van der Waals surface area contributed by atoms with E-state index in [0.29, 0.717) is 6.42 Å². The molecule has 2 aromatic carbocycles. The van der Waals surface area contributed by atoms with E-state index in [9.17, 15) is 19.5 Å². The summed E-state index contributed by atoms with van der Waals surface area (Å²) in [6.45, 7) is 1.99. The number of benzene rings is 2. The average molecular weight is 657 g/mol. The zero-order valence-corrected chi connectivity index (χ0v) is 26.3. The van der Waals surface area contributed by atoms with Crippen molar-refractivity contribution >= 4 is 33.7 Å². The first-order valence-electron chi connectivity index (χ1n) is 15.3. The van der Waals surface area contributed by atoms with Gasteiger partial charge in [0.2, 0.25) is 5.91 Å². The molecule has 4 rings (SSSR count). The number of hydrogen-bond acceptors (Lipinski definition) is 7. The van der Waals surface area contributed by atoms with Crippen LogP contribution in [0.3, 0.4) is 0 Å². The monoisotopic (exact) mass is 655 g/mol. The van der Waals surface area contributed by atoms with Gasteiger partial charge in [0.1, 0.15) is 12.2 Å². The highest BCUT2D eigenvalue weighted by Gasteiger charge is 2.51. The van der Waals surface area contributed by atoms with Crippen molar-refractivity contribution in [1.82, 2.24) is 4.90 Å². The van der Waals surface area contributed by atoms with E-state index in [1.165, 1.54) is 6.08 Å². The quantitative estimate of drug-likeness (QED) is 0.214. The van der Waals surface area contributed by atoms with Gasteiger partial charge in [-0.1, -0.05) is 99.2 Å². The SMILES string of the molecule is C[C@H]1[C@@H](c2ccccc2)OC(=O)N1C(=O)[C@@H](Cc1ccccc1)[C@@H]1O[C@](O)(CCCCCCCCCCO)C(Br)=CC1=O. The molecule has 0 unspecified atom stereocenters. The van der Waals surface area contributed by atoms with Crippen LogP contribution < -0.4 is 0 Å². The second-order valence-corrected chi connectivity index (χ2v) is 12.3. The summed E-state index contributed by atoms with van der Waals surface area (Å²) in [5.41, 5.74) is 1.57. The topological polar surface area (TPSA) is 113 Å². The van der Waals surface area contributed by atoms with Gasteiger partial charge < -0.3 is 19.7 Å². The lowest BCUT2D eigenvalue weighted by Crippen LogP contribution is -2.53. The second kappa shape index (κ2) is 15.7. The lowest BCUT2D eigenvalue weighted by atomic mass is 9.87. The average Bonchev–Trinajstić information content (AvgIpc) is 3.31. The van der Waals surface area contributed by atoms with Crippen molar-refractivity contribution in [3.05, 3.63) is 82.3 Å². The highest BCUT2D eigenvalue weighted by Crippen LogP contribution is 2.39. The molecule has 0 aliphatic carbocycles. The van der Waals surface area contributed by atoms with E-state index in [4.69, 9.17) is 14.6 Å². The van der Waals surface area contributed by atoms with Crippen molar-refractivity contribution < 1.29 is 34.1 Å². The van der Waals surface area contributed by atoms with E-state index in [2.05, 4.69) is 15.9 Å². The molecule has 2 amide bonds. The number of nitrogens with zero attached hydrogens (tertiary/aromatic N) is 1. The van der Waals surface area contributed by atoms with Crippen LogP contribution in [0.4, 0.5) is 4.79 Å². The van der Waals surface area contributed by atoms with Gasteiger partial charge in [0.05, 0.1) is 16.4 Å². The Kier molecular flexibility index (Phi) is 12.1. The third-order valence-corrected chi connectivity index (χ3v) is 9.13. The fourth-order valence-corrected chi connectivity index (χ4v) is 6.37. The number of imide groups is 1. The molecule has 43 heavy (non-hydrogen) atoms. The molecule has 1 fully saturated rings. The van der Waals surface area contributed by atoms with Crippen LogP contribution in [0, 0.1) is 5.92 Å². The van der Waals surface area contributed by atoms with Gasteiger partial charge in [0.15, 0.2) is 11.6 Å². The van der Waals surface area contributed by atoms with E-state index in [0.717, 1.165) is 61.0 Å². The molecule has 2 aliphatic rings. The van der Waals surface area contributed by atoms with E-state index in [1.807, 2.05) is 60.7 Å². The summed E-state index contributed by atoms with van der Waals surface area (Å²) in [4.78, 5) is 41.7. The molecule has 0 saturated carbocycles. The fraction of sp³-hybridized carbons (Fsp3) is 0.500. The van der Waals surface area contributed by atoms with Crippen LogP contribution >= 0.6 is 15.9 Å². The summed E-state index contributed by atoms with van der Waals surface area (Å²) < 4.78 is 12.0. The third-order valence-electron chi connectivity index (χ3n) is 8.28. The number of carbonyl (C=O) groups excluding carboxylic acids is 3. The smallest absolute Gasteiger partial charge is 0.417 e. The minimum absolute atomic E-state index is 0.139. The molecule has 0 bridgehead atoms. The minimum Gasteiger partial charge on any atom is -0.439 e. The largest absolute Gasteiger partial charge is 0.439 e. The Labute approximate surface area is 262 Å². The second-order valence-electron chi connectivity index (χ2n) is 11.5. The first-order valence-corrected chi connectivity index (χ1v) is 16.1. The molecule has 0 radical (unpaired) electrons. The summed E-state index contributed by atoms with van der Waals surface area (Å²) in [6, 6.07) is 17.9. The summed E-state index contributed by atoms with van der Waals surface area (Å²) in [5, 5.41) is 20.5. The molecule has 0 aromatic heterocycles. The van der Waals surface area contributed by atoms with E-state index in [-0.39, 0.29) is 23.9 Å². The van der Waals surface area contributed by atoms with Crippen LogP contribution in [0.2, 0.25) is 0 Å².